The van der Waals surface area contributed by atoms with Crippen molar-refractivity contribution < 1.29 is 4.79 Å². The van der Waals surface area contributed by atoms with Crippen molar-refractivity contribution in [2.75, 3.05) is 20.1 Å². The van der Waals surface area contributed by atoms with Crippen molar-refractivity contribution in [2.45, 2.75) is 39.5 Å². The number of aryl methyl sites for hydroxylation is 2. The fraction of sp³-hybridized carbons (Fsp3) is 0.643. The van der Waals surface area contributed by atoms with Gasteiger partial charge in [0, 0.05) is 11.4 Å². The van der Waals surface area contributed by atoms with Gasteiger partial charge in [-0.3, -0.25) is 4.79 Å². The van der Waals surface area contributed by atoms with E-state index in [1.807, 2.05) is 7.05 Å². The molecule has 0 aliphatic carbocycles. The molecule has 0 aromatic carbocycles. The Morgan fingerprint density at radius 2 is 2.11 bits per heavy atom. The van der Waals surface area contributed by atoms with E-state index < -0.39 is 0 Å². The van der Waals surface area contributed by atoms with Gasteiger partial charge in [0.15, 0.2) is 0 Å². The van der Waals surface area contributed by atoms with E-state index in [4.69, 9.17) is 0 Å². The van der Waals surface area contributed by atoms with Crippen molar-refractivity contribution in [3.63, 3.8) is 0 Å². The molecule has 0 aliphatic rings. The van der Waals surface area contributed by atoms with Crippen LogP contribution < -0.4 is 10.6 Å². The maximum atomic E-state index is 12.0. The standard InChI is InChI=1S/C14H24N2OS/c1-4-7-12-11(5-2)10-13(18-12)14(17)16-9-6-8-15-3/h10,15H,4-9H2,1-3H3,(H,16,17). The second-order valence-corrected chi connectivity index (χ2v) is 5.51. The number of rotatable bonds is 8. The van der Waals surface area contributed by atoms with Gasteiger partial charge in [0.05, 0.1) is 4.88 Å². The number of hydrogen-bond acceptors (Lipinski definition) is 3. The summed E-state index contributed by atoms with van der Waals surface area (Å²) in [7, 11) is 1.92. The fourth-order valence-corrected chi connectivity index (χ4v) is 3.14. The molecule has 1 aromatic heterocycles. The van der Waals surface area contributed by atoms with Crippen LogP contribution in [0.3, 0.4) is 0 Å². The molecule has 0 bridgehead atoms. The molecule has 4 heteroatoms. The zero-order valence-corrected chi connectivity index (χ0v) is 12.5. The Labute approximate surface area is 114 Å². The van der Waals surface area contributed by atoms with Crippen LogP contribution in [-0.4, -0.2) is 26.0 Å². The lowest BCUT2D eigenvalue weighted by Crippen LogP contribution is -2.25. The molecule has 1 aromatic rings. The number of nitrogens with one attached hydrogen (secondary N) is 2. The first-order chi connectivity index (χ1) is 8.72. The lowest BCUT2D eigenvalue weighted by Gasteiger charge is -2.02. The van der Waals surface area contributed by atoms with Crippen LogP contribution in [0, 0.1) is 0 Å². The van der Waals surface area contributed by atoms with Crippen molar-refractivity contribution in [1.29, 1.82) is 0 Å². The third-order valence-electron chi connectivity index (χ3n) is 2.87. The van der Waals surface area contributed by atoms with E-state index in [1.165, 1.54) is 10.4 Å². The first kappa shape index (κ1) is 15.2. The first-order valence-corrected chi connectivity index (χ1v) is 7.58. The summed E-state index contributed by atoms with van der Waals surface area (Å²) in [6.45, 7) is 6.00. The minimum atomic E-state index is 0.0770. The Morgan fingerprint density at radius 3 is 2.72 bits per heavy atom. The molecule has 0 saturated carbocycles. The zero-order valence-electron chi connectivity index (χ0n) is 11.6. The molecular formula is C14H24N2OS. The summed E-state index contributed by atoms with van der Waals surface area (Å²) in [5.41, 5.74) is 1.34. The summed E-state index contributed by atoms with van der Waals surface area (Å²) in [6.07, 6.45) is 4.20. The van der Waals surface area contributed by atoms with Crippen LogP contribution in [0.4, 0.5) is 0 Å². The molecule has 1 amide bonds. The SMILES string of the molecule is CCCc1sc(C(=O)NCCCNC)cc1CC. The Hall–Kier alpha value is -0.870. The molecule has 0 spiro atoms. The molecule has 2 N–H and O–H groups in total. The van der Waals surface area contributed by atoms with Crippen LogP contribution in [0.5, 0.6) is 0 Å². The Kier molecular flexibility index (Phi) is 6.98. The molecule has 18 heavy (non-hydrogen) atoms. The average Bonchev–Trinajstić information content (AvgIpc) is 2.78. The molecule has 0 radical (unpaired) electrons. The molecule has 1 rings (SSSR count). The van der Waals surface area contributed by atoms with Crippen molar-refractivity contribution >= 4 is 17.2 Å². The Bertz CT molecular complexity index is 374. The predicted octanol–water partition coefficient (Wildman–Crippen LogP) is 2.60. The minimum absolute atomic E-state index is 0.0770. The van der Waals surface area contributed by atoms with E-state index in [-0.39, 0.29) is 5.91 Å². The summed E-state index contributed by atoms with van der Waals surface area (Å²) in [4.78, 5) is 14.2. The highest BCUT2D eigenvalue weighted by molar-refractivity contribution is 7.14. The maximum absolute atomic E-state index is 12.0. The van der Waals surface area contributed by atoms with Crippen molar-refractivity contribution in [3.8, 4) is 0 Å². The molecule has 0 unspecified atom stereocenters. The first-order valence-electron chi connectivity index (χ1n) is 6.77. The smallest absolute Gasteiger partial charge is 0.261 e. The molecule has 0 aliphatic heterocycles. The van der Waals surface area contributed by atoms with E-state index in [9.17, 15) is 4.79 Å². The predicted molar refractivity (Wildman–Crippen MR) is 78.6 cm³/mol. The summed E-state index contributed by atoms with van der Waals surface area (Å²) in [5, 5.41) is 6.04. The third kappa shape index (κ3) is 4.42. The van der Waals surface area contributed by atoms with Crippen molar-refractivity contribution in [1.82, 2.24) is 10.6 Å². The van der Waals surface area contributed by atoms with E-state index >= 15 is 0 Å². The molecule has 3 nitrogen and oxygen atoms in total. The molecule has 0 fully saturated rings. The summed E-state index contributed by atoms with van der Waals surface area (Å²) < 4.78 is 0. The fourth-order valence-electron chi connectivity index (χ4n) is 1.87. The van der Waals surface area contributed by atoms with Gasteiger partial charge in [-0.2, -0.15) is 0 Å². The summed E-state index contributed by atoms with van der Waals surface area (Å²) in [6, 6.07) is 2.06. The number of carbonyl (C=O) groups is 1. The second-order valence-electron chi connectivity index (χ2n) is 4.38. The van der Waals surface area contributed by atoms with Gasteiger partial charge in [-0.25, -0.2) is 0 Å². The number of hydrogen-bond donors (Lipinski definition) is 2. The summed E-state index contributed by atoms with van der Waals surface area (Å²) >= 11 is 1.65. The second kappa shape index (κ2) is 8.27. The van der Waals surface area contributed by atoms with E-state index in [0.717, 1.165) is 43.6 Å². The lowest BCUT2D eigenvalue weighted by atomic mass is 10.1. The molecule has 0 atom stereocenters. The number of amides is 1. The zero-order chi connectivity index (χ0) is 13.4. The highest BCUT2D eigenvalue weighted by Gasteiger charge is 2.12. The topological polar surface area (TPSA) is 41.1 Å². The highest BCUT2D eigenvalue weighted by atomic mass is 32.1. The van der Waals surface area contributed by atoms with Crippen molar-refractivity contribution in [3.05, 3.63) is 21.4 Å². The van der Waals surface area contributed by atoms with Crippen LogP contribution in [0.25, 0.3) is 0 Å². The largest absolute Gasteiger partial charge is 0.351 e. The van der Waals surface area contributed by atoms with Crippen molar-refractivity contribution in [2.24, 2.45) is 0 Å². The molecular weight excluding hydrogens is 244 g/mol. The van der Waals surface area contributed by atoms with Gasteiger partial charge in [-0.15, -0.1) is 11.3 Å². The lowest BCUT2D eigenvalue weighted by molar-refractivity contribution is 0.0957. The van der Waals surface area contributed by atoms with Gasteiger partial charge in [0.25, 0.3) is 5.91 Å². The number of carbonyl (C=O) groups excluding carboxylic acids is 1. The molecule has 1 heterocycles. The quantitative estimate of drug-likeness (QED) is 0.712. The molecule has 0 saturated heterocycles. The van der Waals surface area contributed by atoms with Gasteiger partial charge in [0.1, 0.15) is 0 Å². The van der Waals surface area contributed by atoms with Gasteiger partial charge >= 0.3 is 0 Å². The van der Waals surface area contributed by atoms with Crippen LogP contribution in [-0.2, 0) is 12.8 Å². The van der Waals surface area contributed by atoms with E-state index in [2.05, 4.69) is 30.5 Å². The normalized spacial score (nSPS) is 10.6. The monoisotopic (exact) mass is 268 g/mol. The Morgan fingerprint density at radius 1 is 1.33 bits per heavy atom. The van der Waals surface area contributed by atoms with E-state index in [1.54, 1.807) is 11.3 Å². The van der Waals surface area contributed by atoms with Crippen LogP contribution in [0.1, 0.15) is 46.8 Å². The maximum Gasteiger partial charge on any atom is 0.261 e. The minimum Gasteiger partial charge on any atom is -0.351 e. The highest BCUT2D eigenvalue weighted by Crippen LogP contribution is 2.24. The average molecular weight is 268 g/mol. The van der Waals surface area contributed by atoms with Gasteiger partial charge < -0.3 is 10.6 Å². The van der Waals surface area contributed by atoms with Crippen LogP contribution in [0.2, 0.25) is 0 Å². The Balaban J connectivity index is 2.56. The number of thiophene rings is 1. The van der Waals surface area contributed by atoms with Gasteiger partial charge in [-0.05, 0) is 44.5 Å². The van der Waals surface area contributed by atoms with E-state index in [0.29, 0.717) is 0 Å². The van der Waals surface area contributed by atoms with Crippen LogP contribution >= 0.6 is 11.3 Å². The van der Waals surface area contributed by atoms with Gasteiger partial charge in [0.2, 0.25) is 0 Å². The van der Waals surface area contributed by atoms with Gasteiger partial charge in [-0.1, -0.05) is 20.3 Å². The summed E-state index contributed by atoms with van der Waals surface area (Å²) in [5.74, 6) is 0.0770. The molecule has 102 valence electrons. The third-order valence-corrected chi connectivity index (χ3v) is 4.10. The van der Waals surface area contributed by atoms with Crippen LogP contribution in [0.15, 0.2) is 6.07 Å².